The highest BCUT2D eigenvalue weighted by molar-refractivity contribution is 5.94. The Bertz CT molecular complexity index is 970. The van der Waals surface area contributed by atoms with Gasteiger partial charge in [-0.05, 0) is 54.2 Å². The van der Waals surface area contributed by atoms with Crippen LogP contribution in [0.25, 0.3) is 0 Å². The number of amides is 1. The van der Waals surface area contributed by atoms with Crippen LogP contribution in [0.3, 0.4) is 0 Å². The summed E-state index contributed by atoms with van der Waals surface area (Å²) >= 11 is 0. The van der Waals surface area contributed by atoms with E-state index in [9.17, 15) is 4.79 Å². The number of carbonyl (C=O) groups excluding carboxylic acids is 1. The lowest BCUT2D eigenvalue weighted by Gasteiger charge is -2.19. The zero-order chi connectivity index (χ0) is 20.8. The van der Waals surface area contributed by atoms with Crippen LogP contribution in [0.5, 0.6) is 0 Å². The van der Waals surface area contributed by atoms with Crippen molar-refractivity contribution in [2.45, 2.75) is 33.1 Å². The first kappa shape index (κ1) is 20.5. The van der Waals surface area contributed by atoms with Gasteiger partial charge in [-0.1, -0.05) is 32.0 Å². The molecule has 0 aliphatic carbocycles. The molecule has 29 heavy (non-hydrogen) atoms. The molecule has 0 saturated heterocycles. The number of pyridine rings is 2. The van der Waals surface area contributed by atoms with Gasteiger partial charge in [0.25, 0.3) is 5.91 Å². The summed E-state index contributed by atoms with van der Waals surface area (Å²) in [7, 11) is 1.82. The van der Waals surface area contributed by atoms with Crippen molar-refractivity contribution >= 4 is 17.3 Å². The summed E-state index contributed by atoms with van der Waals surface area (Å²) < 4.78 is 0. The molecule has 5 nitrogen and oxygen atoms in total. The quantitative estimate of drug-likeness (QED) is 0.621. The second-order valence-electron chi connectivity index (χ2n) is 7.61. The number of aryl methyl sites for hydroxylation is 1. The van der Waals surface area contributed by atoms with Crippen molar-refractivity contribution in [1.82, 2.24) is 14.9 Å². The van der Waals surface area contributed by atoms with Crippen LogP contribution in [0.1, 0.15) is 46.8 Å². The summed E-state index contributed by atoms with van der Waals surface area (Å²) in [6.45, 7) is 7.07. The van der Waals surface area contributed by atoms with E-state index in [4.69, 9.17) is 0 Å². The first-order chi connectivity index (χ1) is 14.0. The maximum absolute atomic E-state index is 12.9. The summed E-state index contributed by atoms with van der Waals surface area (Å²) in [6, 6.07) is 12.1. The largest absolute Gasteiger partial charge is 0.354 e. The van der Waals surface area contributed by atoms with E-state index in [1.54, 1.807) is 29.7 Å². The number of para-hydroxylation sites is 1. The molecule has 0 atom stereocenters. The molecular formula is C24H28N4O. The molecule has 5 heteroatoms. The number of aromatic nitrogens is 2. The number of hydrogen-bond donors (Lipinski definition) is 1. The van der Waals surface area contributed by atoms with E-state index in [0.717, 1.165) is 23.4 Å². The molecule has 0 aliphatic rings. The van der Waals surface area contributed by atoms with Gasteiger partial charge >= 0.3 is 0 Å². The van der Waals surface area contributed by atoms with E-state index in [-0.39, 0.29) is 5.91 Å². The number of hydrogen-bond acceptors (Lipinski definition) is 4. The molecule has 0 bridgehead atoms. The minimum Gasteiger partial charge on any atom is -0.354 e. The smallest absolute Gasteiger partial charge is 0.255 e. The lowest BCUT2D eigenvalue weighted by Crippen LogP contribution is -2.29. The van der Waals surface area contributed by atoms with Gasteiger partial charge < -0.3 is 10.2 Å². The van der Waals surface area contributed by atoms with Gasteiger partial charge in [-0.2, -0.15) is 0 Å². The SMILES string of the molecule is Cc1cccc(C(C)C)c1Nc1cncc(C(=O)N(C)CCc2ccncc2)c1. The fourth-order valence-electron chi connectivity index (χ4n) is 3.28. The topological polar surface area (TPSA) is 58.1 Å². The van der Waals surface area contributed by atoms with Crippen molar-refractivity contribution in [2.24, 2.45) is 0 Å². The van der Waals surface area contributed by atoms with Gasteiger partial charge in [0.2, 0.25) is 0 Å². The van der Waals surface area contributed by atoms with Crippen molar-refractivity contribution in [3.05, 3.63) is 83.4 Å². The zero-order valence-corrected chi connectivity index (χ0v) is 17.5. The van der Waals surface area contributed by atoms with E-state index in [1.165, 1.54) is 11.1 Å². The normalized spacial score (nSPS) is 10.8. The van der Waals surface area contributed by atoms with Gasteiger partial charge in [-0.25, -0.2) is 0 Å². The summed E-state index contributed by atoms with van der Waals surface area (Å²) in [6.07, 6.45) is 7.71. The molecule has 0 saturated carbocycles. The number of nitrogens with zero attached hydrogens (tertiary/aromatic N) is 3. The molecule has 1 N–H and O–H groups in total. The van der Waals surface area contributed by atoms with E-state index >= 15 is 0 Å². The van der Waals surface area contributed by atoms with Crippen LogP contribution < -0.4 is 5.32 Å². The van der Waals surface area contributed by atoms with Crippen LogP contribution in [0.4, 0.5) is 11.4 Å². The second-order valence-corrected chi connectivity index (χ2v) is 7.61. The summed E-state index contributed by atoms with van der Waals surface area (Å²) in [5.74, 6) is 0.360. The van der Waals surface area contributed by atoms with Crippen LogP contribution in [0, 0.1) is 6.92 Å². The predicted octanol–water partition coefficient (Wildman–Crippen LogP) is 4.97. The van der Waals surface area contributed by atoms with Crippen LogP contribution >= 0.6 is 0 Å². The number of anilines is 2. The molecule has 150 valence electrons. The summed E-state index contributed by atoms with van der Waals surface area (Å²) in [5.41, 5.74) is 6.05. The third kappa shape index (κ3) is 5.19. The fourth-order valence-corrected chi connectivity index (χ4v) is 3.28. The number of benzene rings is 1. The summed E-state index contributed by atoms with van der Waals surface area (Å²) in [5, 5.41) is 3.47. The van der Waals surface area contributed by atoms with E-state index < -0.39 is 0 Å². The van der Waals surface area contributed by atoms with Gasteiger partial charge in [0.15, 0.2) is 0 Å². The average molecular weight is 389 g/mol. The molecule has 0 fully saturated rings. The van der Waals surface area contributed by atoms with Gasteiger partial charge in [-0.3, -0.25) is 14.8 Å². The minimum atomic E-state index is -0.0379. The average Bonchev–Trinajstić information content (AvgIpc) is 2.73. The van der Waals surface area contributed by atoms with Gasteiger partial charge in [0.05, 0.1) is 17.4 Å². The molecule has 3 rings (SSSR count). The Hall–Kier alpha value is -3.21. The van der Waals surface area contributed by atoms with Gasteiger partial charge in [0.1, 0.15) is 0 Å². The Kier molecular flexibility index (Phi) is 6.60. The zero-order valence-electron chi connectivity index (χ0n) is 17.5. The minimum absolute atomic E-state index is 0.0379. The number of rotatable bonds is 7. The maximum Gasteiger partial charge on any atom is 0.255 e. The standard InChI is InChI=1S/C24H28N4O/c1-17(2)22-7-5-6-18(3)23(22)27-21-14-20(15-26-16-21)24(29)28(4)13-10-19-8-11-25-12-9-19/h5-9,11-12,14-17,27H,10,13H2,1-4H3. The Morgan fingerprint density at radius 2 is 1.86 bits per heavy atom. The van der Waals surface area contributed by atoms with E-state index in [2.05, 4.69) is 54.3 Å². The molecule has 0 spiro atoms. The molecule has 0 aliphatic heterocycles. The van der Waals surface area contributed by atoms with Gasteiger partial charge in [-0.15, -0.1) is 0 Å². The highest BCUT2D eigenvalue weighted by Gasteiger charge is 2.14. The molecule has 0 unspecified atom stereocenters. The van der Waals surface area contributed by atoms with Crippen molar-refractivity contribution in [1.29, 1.82) is 0 Å². The number of carbonyl (C=O) groups is 1. The third-order valence-electron chi connectivity index (χ3n) is 5.01. The Morgan fingerprint density at radius 3 is 2.59 bits per heavy atom. The molecule has 2 heterocycles. The molecule has 1 amide bonds. The van der Waals surface area contributed by atoms with Crippen molar-refractivity contribution in [3.63, 3.8) is 0 Å². The number of nitrogens with one attached hydrogen (secondary N) is 1. The van der Waals surface area contributed by atoms with Crippen molar-refractivity contribution < 1.29 is 4.79 Å². The predicted molar refractivity (Wildman–Crippen MR) is 118 cm³/mol. The van der Waals surface area contributed by atoms with E-state index in [1.807, 2.05) is 25.2 Å². The Balaban J connectivity index is 1.73. The summed E-state index contributed by atoms with van der Waals surface area (Å²) in [4.78, 5) is 22.9. The molecule has 0 radical (unpaired) electrons. The molecule has 1 aromatic carbocycles. The second kappa shape index (κ2) is 9.32. The molecule has 3 aromatic rings. The van der Waals surface area contributed by atoms with E-state index in [0.29, 0.717) is 18.0 Å². The van der Waals surface area contributed by atoms with Gasteiger partial charge in [0, 0.05) is 37.9 Å². The van der Waals surface area contributed by atoms with Crippen LogP contribution in [-0.2, 0) is 6.42 Å². The Labute approximate surface area is 172 Å². The van der Waals surface area contributed by atoms with Crippen molar-refractivity contribution in [3.8, 4) is 0 Å². The van der Waals surface area contributed by atoms with Crippen LogP contribution in [-0.4, -0.2) is 34.4 Å². The first-order valence-corrected chi connectivity index (χ1v) is 9.91. The third-order valence-corrected chi connectivity index (χ3v) is 5.01. The monoisotopic (exact) mass is 388 g/mol. The van der Waals surface area contributed by atoms with Crippen molar-refractivity contribution in [2.75, 3.05) is 18.9 Å². The van der Waals surface area contributed by atoms with Crippen LogP contribution in [0.15, 0.2) is 61.2 Å². The highest BCUT2D eigenvalue weighted by atomic mass is 16.2. The first-order valence-electron chi connectivity index (χ1n) is 9.91. The lowest BCUT2D eigenvalue weighted by molar-refractivity contribution is 0.0796. The lowest BCUT2D eigenvalue weighted by atomic mass is 9.98. The number of likely N-dealkylation sites (N-methyl/N-ethyl adjacent to an activating group) is 1. The maximum atomic E-state index is 12.9. The molecular weight excluding hydrogens is 360 g/mol. The fraction of sp³-hybridized carbons (Fsp3) is 0.292. The molecule has 2 aromatic heterocycles. The highest BCUT2D eigenvalue weighted by Crippen LogP contribution is 2.30. The Morgan fingerprint density at radius 1 is 1.10 bits per heavy atom. The van der Waals surface area contributed by atoms with Crippen LogP contribution in [0.2, 0.25) is 0 Å².